The second-order valence-corrected chi connectivity index (χ2v) is 5.49. The highest BCUT2D eigenvalue weighted by molar-refractivity contribution is 7.93. The minimum absolute atomic E-state index is 0.0396. The van der Waals surface area contributed by atoms with Gasteiger partial charge in [0.1, 0.15) is 5.75 Å². The van der Waals surface area contributed by atoms with Crippen LogP contribution in [0.4, 0.5) is 13.2 Å². The highest BCUT2D eigenvalue weighted by atomic mass is 32.2. The van der Waals surface area contributed by atoms with Crippen molar-refractivity contribution >= 4 is 9.84 Å². The van der Waals surface area contributed by atoms with E-state index in [1.165, 1.54) is 13.8 Å². The molecule has 16 heavy (non-hydrogen) atoms. The van der Waals surface area contributed by atoms with E-state index in [1.54, 1.807) is 0 Å². The molecule has 0 spiro atoms. The molecule has 0 amide bonds. The molecule has 1 aliphatic heterocycles. The van der Waals surface area contributed by atoms with Gasteiger partial charge in [0.05, 0.1) is 0 Å². The van der Waals surface area contributed by atoms with Crippen LogP contribution in [-0.2, 0) is 19.3 Å². The summed E-state index contributed by atoms with van der Waals surface area (Å²) in [5, 5.41) is -2.58. The number of rotatable bonds is 4. The molecule has 4 nitrogen and oxygen atoms in total. The van der Waals surface area contributed by atoms with Crippen molar-refractivity contribution in [2.75, 3.05) is 19.0 Å². The summed E-state index contributed by atoms with van der Waals surface area (Å²) in [6.07, 6.45) is -4.87. The first-order valence-electron chi connectivity index (χ1n) is 4.76. The summed E-state index contributed by atoms with van der Waals surface area (Å²) in [4.78, 5) is 0. The SMILES string of the molecule is CCOC1(OCC)CS(=O)(=O)C1C(F)(F)F. The lowest BCUT2D eigenvalue weighted by Gasteiger charge is -2.47. The van der Waals surface area contributed by atoms with Crippen LogP contribution in [0.2, 0.25) is 0 Å². The summed E-state index contributed by atoms with van der Waals surface area (Å²) in [5.41, 5.74) is 0. The maximum absolute atomic E-state index is 12.6. The van der Waals surface area contributed by atoms with Crippen LogP contribution in [0.25, 0.3) is 0 Å². The van der Waals surface area contributed by atoms with Gasteiger partial charge in [0.15, 0.2) is 9.84 Å². The molecule has 1 saturated heterocycles. The molecule has 1 atom stereocenters. The molecule has 0 aromatic carbocycles. The van der Waals surface area contributed by atoms with Gasteiger partial charge in [0, 0.05) is 13.2 Å². The van der Waals surface area contributed by atoms with Crippen LogP contribution in [0.1, 0.15) is 13.8 Å². The van der Waals surface area contributed by atoms with Crippen LogP contribution < -0.4 is 0 Å². The van der Waals surface area contributed by atoms with E-state index in [2.05, 4.69) is 0 Å². The van der Waals surface area contributed by atoms with Gasteiger partial charge in [-0.2, -0.15) is 13.2 Å². The molecule has 1 unspecified atom stereocenters. The average molecular weight is 262 g/mol. The molecule has 1 heterocycles. The summed E-state index contributed by atoms with van der Waals surface area (Å²) >= 11 is 0. The predicted molar refractivity (Wildman–Crippen MR) is 49.6 cm³/mol. The molecule has 0 N–H and O–H groups in total. The lowest BCUT2D eigenvalue weighted by Crippen LogP contribution is -2.71. The molecule has 1 rings (SSSR count). The molecule has 1 aliphatic rings. The maximum Gasteiger partial charge on any atom is 0.410 e. The third-order valence-corrected chi connectivity index (χ3v) is 4.38. The zero-order chi connectivity index (χ0) is 12.6. The van der Waals surface area contributed by atoms with E-state index >= 15 is 0 Å². The number of alkyl halides is 3. The van der Waals surface area contributed by atoms with Crippen LogP contribution in [0.15, 0.2) is 0 Å². The lowest BCUT2D eigenvalue weighted by molar-refractivity contribution is -0.280. The number of hydrogen-bond donors (Lipinski definition) is 0. The lowest BCUT2D eigenvalue weighted by atomic mass is 10.2. The van der Waals surface area contributed by atoms with Gasteiger partial charge in [-0.25, -0.2) is 8.42 Å². The van der Waals surface area contributed by atoms with E-state index < -0.39 is 32.8 Å². The fourth-order valence-electron chi connectivity index (χ4n) is 1.83. The monoisotopic (exact) mass is 262 g/mol. The number of halogens is 3. The first-order chi connectivity index (χ1) is 7.19. The van der Waals surface area contributed by atoms with Crippen molar-refractivity contribution in [2.45, 2.75) is 31.1 Å². The van der Waals surface area contributed by atoms with Gasteiger partial charge in [-0.05, 0) is 13.8 Å². The molecule has 0 aliphatic carbocycles. The fourth-order valence-corrected chi connectivity index (χ4v) is 3.77. The van der Waals surface area contributed by atoms with Gasteiger partial charge in [-0.1, -0.05) is 0 Å². The van der Waals surface area contributed by atoms with Gasteiger partial charge in [-0.3, -0.25) is 0 Å². The van der Waals surface area contributed by atoms with E-state index in [-0.39, 0.29) is 13.2 Å². The number of sulfone groups is 1. The molecule has 0 aromatic rings. The second-order valence-electron chi connectivity index (χ2n) is 3.41. The Hall–Kier alpha value is -0.340. The third-order valence-electron chi connectivity index (χ3n) is 2.24. The molecular weight excluding hydrogens is 249 g/mol. The van der Waals surface area contributed by atoms with Gasteiger partial charge in [0.2, 0.25) is 11.0 Å². The standard InChI is InChI=1S/C8H13F3O4S/c1-3-14-7(15-4-2)5-16(12,13)6(7)8(9,10)11/h6H,3-5H2,1-2H3. The molecule has 0 aromatic heterocycles. The quantitative estimate of drug-likeness (QED) is 0.712. The smallest absolute Gasteiger partial charge is 0.348 e. The van der Waals surface area contributed by atoms with E-state index in [0.29, 0.717) is 0 Å². The Bertz CT molecular complexity index is 343. The number of hydrogen-bond acceptors (Lipinski definition) is 4. The van der Waals surface area contributed by atoms with Crippen molar-refractivity contribution < 1.29 is 31.1 Å². The molecule has 0 saturated carbocycles. The summed E-state index contributed by atoms with van der Waals surface area (Å²) in [6, 6.07) is 0. The van der Waals surface area contributed by atoms with Crippen LogP contribution >= 0.6 is 0 Å². The first kappa shape index (κ1) is 13.7. The summed E-state index contributed by atoms with van der Waals surface area (Å²) in [5.74, 6) is -2.80. The van der Waals surface area contributed by atoms with E-state index in [1.807, 2.05) is 0 Å². The topological polar surface area (TPSA) is 52.6 Å². The van der Waals surface area contributed by atoms with Crippen molar-refractivity contribution in [3.63, 3.8) is 0 Å². The maximum atomic E-state index is 12.6. The predicted octanol–water partition coefficient (Wildman–Crippen LogP) is 1.11. The van der Waals surface area contributed by atoms with Crippen molar-refractivity contribution in [1.82, 2.24) is 0 Å². The van der Waals surface area contributed by atoms with Crippen LogP contribution in [0, 0.1) is 0 Å². The van der Waals surface area contributed by atoms with E-state index in [4.69, 9.17) is 9.47 Å². The summed E-state index contributed by atoms with van der Waals surface area (Å²) in [6.45, 7) is 2.89. The summed E-state index contributed by atoms with van der Waals surface area (Å²) < 4.78 is 69.8. The second kappa shape index (κ2) is 4.15. The Morgan fingerprint density at radius 2 is 1.69 bits per heavy atom. The van der Waals surface area contributed by atoms with Crippen molar-refractivity contribution in [3.05, 3.63) is 0 Å². The van der Waals surface area contributed by atoms with Crippen LogP contribution in [0.5, 0.6) is 0 Å². The van der Waals surface area contributed by atoms with Crippen molar-refractivity contribution in [1.29, 1.82) is 0 Å². The molecule has 8 heteroatoms. The highest BCUT2D eigenvalue weighted by Crippen LogP contribution is 2.46. The van der Waals surface area contributed by atoms with Gasteiger partial charge < -0.3 is 9.47 Å². The zero-order valence-corrected chi connectivity index (χ0v) is 9.69. The Morgan fingerprint density at radius 3 is 1.94 bits per heavy atom. The highest BCUT2D eigenvalue weighted by Gasteiger charge is 2.72. The van der Waals surface area contributed by atoms with Crippen molar-refractivity contribution in [3.8, 4) is 0 Å². The zero-order valence-electron chi connectivity index (χ0n) is 8.87. The number of ether oxygens (including phenoxy) is 2. The molecule has 0 bridgehead atoms. The van der Waals surface area contributed by atoms with Crippen LogP contribution in [0.3, 0.4) is 0 Å². The minimum Gasteiger partial charge on any atom is -0.348 e. The molecule has 0 radical (unpaired) electrons. The third kappa shape index (κ3) is 2.18. The van der Waals surface area contributed by atoms with E-state index in [0.717, 1.165) is 0 Å². The Kier molecular flexibility index (Phi) is 3.56. The van der Waals surface area contributed by atoms with Gasteiger partial charge in [0.25, 0.3) is 0 Å². The van der Waals surface area contributed by atoms with Gasteiger partial charge >= 0.3 is 6.18 Å². The Morgan fingerprint density at radius 1 is 1.25 bits per heavy atom. The van der Waals surface area contributed by atoms with Gasteiger partial charge in [-0.15, -0.1) is 0 Å². The van der Waals surface area contributed by atoms with Crippen molar-refractivity contribution in [2.24, 2.45) is 0 Å². The molecule has 1 fully saturated rings. The summed E-state index contributed by atoms with van der Waals surface area (Å²) in [7, 11) is -4.21. The normalized spacial score (nSPS) is 27.4. The Labute approximate surface area is 91.6 Å². The fraction of sp³-hybridized carbons (Fsp3) is 1.00. The average Bonchev–Trinajstić information content (AvgIpc) is 1.98. The Balaban J connectivity index is 3.04. The molecular formula is C8H13F3O4S. The minimum atomic E-state index is -4.87. The largest absolute Gasteiger partial charge is 0.410 e. The molecule has 96 valence electrons. The van der Waals surface area contributed by atoms with Crippen LogP contribution in [-0.4, -0.2) is 44.6 Å². The first-order valence-corrected chi connectivity index (χ1v) is 6.47. The van der Waals surface area contributed by atoms with E-state index in [9.17, 15) is 21.6 Å².